The Morgan fingerprint density at radius 3 is 2.72 bits per heavy atom. The maximum atomic E-state index is 14.0. The van der Waals surface area contributed by atoms with E-state index in [1.165, 1.54) is 12.1 Å². The first kappa shape index (κ1) is 22.1. The number of nitrogens with one attached hydrogen (secondary N) is 1. The Bertz CT molecular complexity index is 1550. The Labute approximate surface area is 207 Å². The molecule has 0 unspecified atom stereocenters. The largest absolute Gasteiger partial charge is 0.497 e. The number of nitrogens with zero attached hydrogens (tertiary/aromatic N) is 3. The van der Waals surface area contributed by atoms with Gasteiger partial charge in [-0.15, -0.1) is 0 Å². The van der Waals surface area contributed by atoms with E-state index in [0.717, 1.165) is 51.9 Å². The van der Waals surface area contributed by atoms with Gasteiger partial charge in [0.1, 0.15) is 11.6 Å². The molecule has 1 aliphatic rings. The van der Waals surface area contributed by atoms with Crippen molar-refractivity contribution in [2.45, 2.75) is 25.4 Å². The minimum absolute atomic E-state index is 0.0514. The molecule has 5 aromatic rings. The van der Waals surface area contributed by atoms with Crippen LogP contribution in [-0.4, -0.2) is 38.7 Å². The minimum Gasteiger partial charge on any atom is -0.497 e. The molecule has 6 nitrogen and oxygen atoms in total. The first-order valence-corrected chi connectivity index (χ1v) is 11.9. The smallest absolute Gasteiger partial charge is 0.256 e. The third kappa shape index (κ3) is 4.13. The second-order valence-corrected chi connectivity index (χ2v) is 9.13. The third-order valence-electron chi connectivity index (χ3n) is 6.69. The molecule has 0 radical (unpaired) electrons. The minimum atomic E-state index is -0.294. The molecule has 6 rings (SSSR count). The number of aromatic amines is 1. The number of rotatable bonds is 7. The number of benzene rings is 3. The molecular weight excluding hydrogens is 455 g/mol. The maximum absolute atomic E-state index is 14.0. The van der Waals surface area contributed by atoms with Gasteiger partial charge >= 0.3 is 0 Å². The van der Waals surface area contributed by atoms with E-state index in [1.807, 2.05) is 64.3 Å². The summed E-state index contributed by atoms with van der Waals surface area (Å²) in [5, 5.41) is 7.80. The Morgan fingerprint density at radius 1 is 1.11 bits per heavy atom. The fourth-order valence-electron chi connectivity index (χ4n) is 4.70. The van der Waals surface area contributed by atoms with Crippen LogP contribution in [-0.2, 0) is 6.54 Å². The van der Waals surface area contributed by atoms with Crippen LogP contribution in [0.1, 0.15) is 28.8 Å². The maximum Gasteiger partial charge on any atom is 0.256 e. The summed E-state index contributed by atoms with van der Waals surface area (Å²) < 4.78 is 21.3. The molecule has 36 heavy (non-hydrogen) atoms. The van der Waals surface area contributed by atoms with Crippen molar-refractivity contribution in [3.05, 3.63) is 102 Å². The number of ether oxygens (including phenoxy) is 1. The van der Waals surface area contributed by atoms with Crippen molar-refractivity contribution in [2.75, 3.05) is 7.11 Å². The highest BCUT2D eigenvalue weighted by Gasteiger charge is 2.34. The van der Waals surface area contributed by atoms with Gasteiger partial charge in [-0.2, -0.15) is 5.10 Å². The number of hydrogen-bond donors (Lipinski definition) is 1. The SMILES string of the molecule is COc1cccc(-n2cc(C(=O)N(Cc3cccc(F)c3)C3CC3)c3ccc(-c4cn[nH]c4)cc32)c1. The van der Waals surface area contributed by atoms with Crippen LogP contribution in [0.4, 0.5) is 4.39 Å². The van der Waals surface area contributed by atoms with Crippen LogP contribution < -0.4 is 4.74 Å². The van der Waals surface area contributed by atoms with Gasteiger partial charge in [0.15, 0.2) is 0 Å². The number of hydrogen-bond acceptors (Lipinski definition) is 3. The lowest BCUT2D eigenvalue weighted by atomic mass is 10.1. The zero-order valence-electron chi connectivity index (χ0n) is 19.8. The number of methoxy groups -OCH3 is 1. The molecule has 0 aliphatic heterocycles. The van der Waals surface area contributed by atoms with Gasteiger partial charge in [0.05, 0.1) is 24.4 Å². The fourth-order valence-corrected chi connectivity index (χ4v) is 4.70. The van der Waals surface area contributed by atoms with E-state index in [1.54, 1.807) is 19.4 Å². The lowest BCUT2D eigenvalue weighted by molar-refractivity contribution is 0.0731. The van der Waals surface area contributed by atoms with Gasteiger partial charge in [0, 0.05) is 47.7 Å². The number of H-pyrrole nitrogens is 1. The number of halogens is 1. The van der Waals surface area contributed by atoms with Crippen molar-refractivity contribution in [1.82, 2.24) is 19.7 Å². The predicted molar refractivity (Wildman–Crippen MR) is 137 cm³/mol. The summed E-state index contributed by atoms with van der Waals surface area (Å²) in [5.41, 5.74) is 5.17. The lowest BCUT2D eigenvalue weighted by Gasteiger charge is -2.22. The average molecular weight is 481 g/mol. The molecule has 2 heterocycles. The summed E-state index contributed by atoms with van der Waals surface area (Å²) in [6, 6.07) is 20.5. The molecule has 7 heteroatoms. The van der Waals surface area contributed by atoms with Gasteiger partial charge in [-0.25, -0.2) is 4.39 Å². The van der Waals surface area contributed by atoms with E-state index in [0.29, 0.717) is 12.1 Å². The zero-order valence-corrected chi connectivity index (χ0v) is 19.8. The summed E-state index contributed by atoms with van der Waals surface area (Å²) >= 11 is 0. The second kappa shape index (κ2) is 9.00. The van der Waals surface area contributed by atoms with Crippen molar-refractivity contribution in [3.63, 3.8) is 0 Å². The van der Waals surface area contributed by atoms with Crippen LogP contribution in [0.2, 0.25) is 0 Å². The Morgan fingerprint density at radius 2 is 1.97 bits per heavy atom. The third-order valence-corrected chi connectivity index (χ3v) is 6.69. The van der Waals surface area contributed by atoms with Gasteiger partial charge in [-0.3, -0.25) is 9.89 Å². The van der Waals surface area contributed by atoms with Gasteiger partial charge in [0.2, 0.25) is 0 Å². The molecule has 3 aromatic carbocycles. The van der Waals surface area contributed by atoms with Crippen LogP contribution in [0.25, 0.3) is 27.7 Å². The average Bonchev–Trinajstić information content (AvgIpc) is 3.44. The van der Waals surface area contributed by atoms with Crippen LogP contribution in [0.5, 0.6) is 5.75 Å². The Balaban J connectivity index is 1.47. The number of fused-ring (bicyclic) bond motifs is 1. The summed E-state index contributed by atoms with van der Waals surface area (Å²) in [6.07, 6.45) is 7.45. The van der Waals surface area contributed by atoms with E-state index in [4.69, 9.17) is 4.74 Å². The van der Waals surface area contributed by atoms with Crippen LogP contribution in [0.15, 0.2) is 85.3 Å². The molecule has 180 valence electrons. The van der Waals surface area contributed by atoms with E-state index < -0.39 is 0 Å². The summed E-state index contributed by atoms with van der Waals surface area (Å²) in [4.78, 5) is 15.9. The Kier molecular flexibility index (Phi) is 5.52. The monoisotopic (exact) mass is 480 g/mol. The number of carbonyl (C=O) groups is 1. The molecule has 2 aromatic heterocycles. The van der Waals surface area contributed by atoms with Crippen LogP contribution in [0.3, 0.4) is 0 Å². The standard InChI is InChI=1S/C29H25FN4O2/c1-36-25-7-3-6-24(14-25)33-18-27(26-11-8-20(13-28(26)33)21-15-31-32-16-21)29(35)34(23-9-10-23)17-19-4-2-5-22(30)12-19/h2-8,11-16,18,23H,9-10,17H2,1H3,(H,31,32). The molecular formula is C29H25FN4O2. The normalized spacial score (nSPS) is 13.2. The molecule has 0 atom stereocenters. The topological polar surface area (TPSA) is 63.1 Å². The van der Waals surface area contributed by atoms with Crippen molar-refractivity contribution in [1.29, 1.82) is 0 Å². The highest BCUT2D eigenvalue weighted by Crippen LogP contribution is 2.35. The number of carbonyl (C=O) groups excluding carboxylic acids is 1. The van der Waals surface area contributed by atoms with Crippen molar-refractivity contribution in [2.24, 2.45) is 0 Å². The lowest BCUT2D eigenvalue weighted by Crippen LogP contribution is -2.32. The van der Waals surface area contributed by atoms with Gasteiger partial charge in [-0.1, -0.05) is 30.3 Å². The van der Waals surface area contributed by atoms with E-state index in [-0.39, 0.29) is 17.8 Å². The summed E-state index contributed by atoms with van der Waals surface area (Å²) in [6.45, 7) is 0.375. The quantitative estimate of drug-likeness (QED) is 0.312. The highest BCUT2D eigenvalue weighted by molar-refractivity contribution is 6.08. The molecule has 1 amide bonds. The van der Waals surface area contributed by atoms with E-state index in [2.05, 4.69) is 16.3 Å². The van der Waals surface area contributed by atoms with E-state index in [9.17, 15) is 9.18 Å². The van der Waals surface area contributed by atoms with Gasteiger partial charge in [0.25, 0.3) is 5.91 Å². The molecule has 0 saturated heterocycles. The van der Waals surface area contributed by atoms with Gasteiger partial charge < -0.3 is 14.2 Å². The molecule has 1 saturated carbocycles. The van der Waals surface area contributed by atoms with Crippen molar-refractivity contribution >= 4 is 16.8 Å². The highest BCUT2D eigenvalue weighted by atomic mass is 19.1. The molecule has 0 bridgehead atoms. The van der Waals surface area contributed by atoms with Crippen molar-refractivity contribution in [3.8, 4) is 22.6 Å². The van der Waals surface area contributed by atoms with Gasteiger partial charge in [-0.05, 0) is 54.3 Å². The van der Waals surface area contributed by atoms with E-state index >= 15 is 0 Å². The number of aromatic nitrogens is 3. The first-order chi connectivity index (χ1) is 17.6. The molecule has 0 spiro atoms. The van der Waals surface area contributed by atoms with Crippen LogP contribution >= 0.6 is 0 Å². The first-order valence-electron chi connectivity index (χ1n) is 11.9. The predicted octanol–water partition coefficient (Wildman–Crippen LogP) is 5.97. The summed E-state index contributed by atoms with van der Waals surface area (Å²) in [5.74, 6) is 0.389. The number of amides is 1. The fraction of sp³-hybridized carbons (Fsp3) is 0.172. The molecule has 1 aliphatic carbocycles. The summed E-state index contributed by atoms with van der Waals surface area (Å²) in [7, 11) is 1.64. The Hall–Kier alpha value is -4.39. The zero-order chi connectivity index (χ0) is 24.6. The molecule has 1 N–H and O–H groups in total. The van der Waals surface area contributed by atoms with Crippen molar-refractivity contribution < 1.29 is 13.9 Å². The molecule has 1 fully saturated rings. The second-order valence-electron chi connectivity index (χ2n) is 9.13. The van der Waals surface area contributed by atoms with Crippen LogP contribution in [0, 0.1) is 5.82 Å².